The van der Waals surface area contributed by atoms with Crippen LogP contribution in [0.2, 0.25) is 0 Å². The van der Waals surface area contributed by atoms with E-state index >= 15 is 0 Å². The molecule has 0 saturated carbocycles. The quantitative estimate of drug-likeness (QED) is 0.595. The summed E-state index contributed by atoms with van der Waals surface area (Å²) in [6.07, 6.45) is 4.21. The third-order valence-electron chi connectivity index (χ3n) is 3.37. The smallest absolute Gasteiger partial charge is 0.122 e. The summed E-state index contributed by atoms with van der Waals surface area (Å²) >= 11 is 0. The van der Waals surface area contributed by atoms with Crippen LogP contribution in [-0.2, 0) is 0 Å². The van der Waals surface area contributed by atoms with Gasteiger partial charge in [-0.25, -0.2) is 0 Å². The standard InChI is InChI=1S/C17H26O/c1-6-9-14(7-2)15-10-11-17(18-8-3)16(12-15)13(4)5/h6,10-14H,1,7-9H2,2-5H3. The summed E-state index contributed by atoms with van der Waals surface area (Å²) in [6.45, 7) is 13.3. The van der Waals surface area contributed by atoms with Gasteiger partial charge in [0, 0.05) is 0 Å². The molecule has 100 valence electrons. The molecule has 1 atom stereocenters. The predicted octanol–water partition coefficient (Wildman–Crippen LogP) is 5.28. The zero-order valence-corrected chi connectivity index (χ0v) is 12.2. The lowest BCUT2D eigenvalue weighted by Gasteiger charge is -2.19. The largest absolute Gasteiger partial charge is 0.494 e. The molecule has 0 spiro atoms. The van der Waals surface area contributed by atoms with Crippen molar-refractivity contribution in [3.8, 4) is 5.75 Å². The van der Waals surface area contributed by atoms with E-state index in [1.165, 1.54) is 11.1 Å². The SMILES string of the molecule is C=CCC(CC)c1ccc(OCC)c(C(C)C)c1. The average molecular weight is 246 g/mol. The molecule has 0 aliphatic heterocycles. The maximum absolute atomic E-state index is 5.71. The Hall–Kier alpha value is -1.24. The average Bonchev–Trinajstić information content (AvgIpc) is 2.36. The molecule has 0 N–H and O–H groups in total. The van der Waals surface area contributed by atoms with Crippen LogP contribution in [-0.4, -0.2) is 6.61 Å². The van der Waals surface area contributed by atoms with Gasteiger partial charge in [0.1, 0.15) is 5.75 Å². The Morgan fingerprint density at radius 2 is 2.00 bits per heavy atom. The van der Waals surface area contributed by atoms with Crippen molar-refractivity contribution in [3.05, 3.63) is 42.0 Å². The van der Waals surface area contributed by atoms with Gasteiger partial charge in [0.15, 0.2) is 0 Å². The normalized spacial score (nSPS) is 12.5. The summed E-state index contributed by atoms with van der Waals surface area (Å²) in [5.74, 6) is 2.10. The fourth-order valence-electron chi connectivity index (χ4n) is 2.30. The Bertz CT molecular complexity index is 379. The van der Waals surface area contributed by atoms with Crippen molar-refractivity contribution < 1.29 is 4.74 Å². The van der Waals surface area contributed by atoms with E-state index in [4.69, 9.17) is 4.74 Å². The van der Waals surface area contributed by atoms with Crippen LogP contribution in [0, 0.1) is 0 Å². The lowest BCUT2D eigenvalue weighted by atomic mass is 9.89. The minimum Gasteiger partial charge on any atom is -0.494 e. The lowest BCUT2D eigenvalue weighted by Crippen LogP contribution is -2.02. The fourth-order valence-corrected chi connectivity index (χ4v) is 2.30. The summed E-state index contributed by atoms with van der Waals surface area (Å²) in [6, 6.07) is 6.64. The Morgan fingerprint density at radius 3 is 2.50 bits per heavy atom. The van der Waals surface area contributed by atoms with Gasteiger partial charge in [-0.2, -0.15) is 0 Å². The zero-order chi connectivity index (χ0) is 13.5. The third kappa shape index (κ3) is 3.63. The minimum absolute atomic E-state index is 0.493. The zero-order valence-electron chi connectivity index (χ0n) is 12.2. The molecule has 18 heavy (non-hydrogen) atoms. The van der Waals surface area contributed by atoms with Gasteiger partial charge in [-0.3, -0.25) is 0 Å². The molecule has 1 aromatic rings. The molecule has 1 heteroatoms. The minimum atomic E-state index is 0.493. The highest BCUT2D eigenvalue weighted by atomic mass is 16.5. The van der Waals surface area contributed by atoms with E-state index < -0.39 is 0 Å². The van der Waals surface area contributed by atoms with Crippen molar-refractivity contribution in [2.24, 2.45) is 0 Å². The molecule has 0 heterocycles. The van der Waals surface area contributed by atoms with Crippen molar-refractivity contribution in [1.82, 2.24) is 0 Å². The molecular weight excluding hydrogens is 220 g/mol. The van der Waals surface area contributed by atoms with E-state index in [0.29, 0.717) is 11.8 Å². The van der Waals surface area contributed by atoms with Crippen LogP contribution in [0.15, 0.2) is 30.9 Å². The molecule has 1 unspecified atom stereocenters. The van der Waals surface area contributed by atoms with E-state index in [1.54, 1.807) is 0 Å². The highest BCUT2D eigenvalue weighted by Crippen LogP contribution is 2.32. The molecule has 0 saturated heterocycles. The van der Waals surface area contributed by atoms with Gasteiger partial charge in [0.05, 0.1) is 6.61 Å². The van der Waals surface area contributed by atoms with Crippen LogP contribution < -0.4 is 4.74 Å². The van der Waals surface area contributed by atoms with Crippen molar-refractivity contribution in [1.29, 1.82) is 0 Å². The van der Waals surface area contributed by atoms with Crippen LogP contribution in [0.25, 0.3) is 0 Å². The Morgan fingerprint density at radius 1 is 1.28 bits per heavy atom. The predicted molar refractivity (Wildman–Crippen MR) is 79.5 cm³/mol. The van der Waals surface area contributed by atoms with Crippen LogP contribution >= 0.6 is 0 Å². The second-order valence-corrected chi connectivity index (χ2v) is 5.01. The molecule has 0 aliphatic rings. The third-order valence-corrected chi connectivity index (χ3v) is 3.37. The molecule has 1 aromatic carbocycles. The number of ether oxygens (including phenoxy) is 1. The van der Waals surface area contributed by atoms with Crippen LogP contribution in [0.4, 0.5) is 0 Å². The Kier molecular flexibility index (Phi) is 5.97. The molecule has 0 radical (unpaired) electrons. The number of rotatable bonds is 7. The van der Waals surface area contributed by atoms with E-state index in [1.807, 2.05) is 13.0 Å². The monoisotopic (exact) mass is 246 g/mol. The van der Waals surface area contributed by atoms with Gasteiger partial charge in [-0.1, -0.05) is 39.0 Å². The van der Waals surface area contributed by atoms with Crippen molar-refractivity contribution in [2.45, 2.75) is 52.4 Å². The second kappa shape index (κ2) is 7.25. The van der Waals surface area contributed by atoms with Gasteiger partial charge in [0.25, 0.3) is 0 Å². The number of hydrogen-bond acceptors (Lipinski definition) is 1. The maximum atomic E-state index is 5.71. The molecule has 0 bridgehead atoms. The fraction of sp³-hybridized carbons (Fsp3) is 0.529. The number of allylic oxidation sites excluding steroid dienone is 1. The molecule has 0 aromatic heterocycles. The van der Waals surface area contributed by atoms with Crippen molar-refractivity contribution in [2.75, 3.05) is 6.61 Å². The van der Waals surface area contributed by atoms with Gasteiger partial charge in [-0.15, -0.1) is 6.58 Å². The highest BCUT2D eigenvalue weighted by Gasteiger charge is 2.13. The van der Waals surface area contributed by atoms with E-state index in [9.17, 15) is 0 Å². The topological polar surface area (TPSA) is 9.23 Å². The summed E-state index contributed by atoms with van der Waals surface area (Å²) in [5, 5.41) is 0. The maximum Gasteiger partial charge on any atom is 0.122 e. The molecule has 0 fully saturated rings. The summed E-state index contributed by atoms with van der Waals surface area (Å²) in [4.78, 5) is 0. The Balaban J connectivity index is 3.08. The summed E-state index contributed by atoms with van der Waals surface area (Å²) in [7, 11) is 0. The van der Waals surface area contributed by atoms with E-state index in [2.05, 4.69) is 45.5 Å². The first kappa shape index (κ1) is 14.8. The molecular formula is C17H26O. The lowest BCUT2D eigenvalue weighted by molar-refractivity contribution is 0.335. The van der Waals surface area contributed by atoms with Gasteiger partial charge in [0.2, 0.25) is 0 Å². The molecule has 0 amide bonds. The van der Waals surface area contributed by atoms with Crippen LogP contribution in [0.3, 0.4) is 0 Å². The van der Waals surface area contributed by atoms with Gasteiger partial charge < -0.3 is 4.74 Å². The number of hydrogen-bond donors (Lipinski definition) is 0. The van der Waals surface area contributed by atoms with Crippen LogP contribution in [0.1, 0.15) is 63.5 Å². The first-order valence-electron chi connectivity index (χ1n) is 7.01. The molecule has 1 nitrogen and oxygen atoms in total. The first-order chi connectivity index (χ1) is 8.63. The molecule has 1 rings (SSSR count). The van der Waals surface area contributed by atoms with Gasteiger partial charge >= 0.3 is 0 Å². The first-order valence-corrected chi connectivity index (χ1v) is 7.01. The Labute approximate surface area is 112 Å². The van der Waals surface area contributed by atoms with Gasteiger partial charge in [-0.05, 0) is 48.8 Å². The second-order valence-electron chi connectivity index (χ2n) is 5.01. The van der Waals surface area contributed by atoms with Crippen LogP contribution in [0.5, 0.6) is 5.75 Å². The summed E-state index contributed by atoms with van der Waals surface area (Å²) in [5.41, 5.74) is 2.72. The summed E-state index contributed by atoms with van der Waals surface area (Å²) < 4.78 is 5.71. The van der Waals surface area contributed by atoms with E-state index in [-0.39, 0.29) is 0 Å². The van der Waals surface area contributed by atoms with Crippen molar-refractivity contribution >= 4 is 0 Å². The number of benzene rings is 1. The molecule has 0 aliphatic carbocycles. The van der Waals surface area contributed by atoms with Crippen molar-refractivity contribution in [3.63, 3.8) is 0 Å². The van der Waals surface area contributed by atoms with E-state index in [0.717, 1.165) is 25.2 Å². The highest BCUT2D eigenvalue weighted by molar-refractivity contribution is 5.40.